The average Bonchev–Trinajstić information content (AvgIpc) is 3.18. The molecule has 3 aromatic rings. The number of nitrogens with zero attached hydrogens (tertiary/aromatic N) is 2. The van der Waals surface area contributed by atoms with Crippen LogP contribution in [0.1, 0.15) is 56.9 Å². The molecule has 0 fully saturated rings. The van der Waals surface area contributed by atoms with E-state index >= 15 is 0 Å². The maximum Gasteiger partial charge on any atom is 0.314 e. The van der Waals surface area contributed by atoms with Crippen molar-refractivity contribution in [2.75, 3.05) is 11.8 Å². The van der Waals surface area contributed by atoms with Crippen LogP contribution in [0.3, 0.4) is 0 Å². The van der Waals surface area contributed by atoms with Gasteiger partial charge in [-0.05, 0) is 31.9 Å². The molecule has 0 aliphatic heterocycles. The smallest absolute Gasteiger partial charge is 0.314 e. The number of amides is 2. The summed E-state index contributed by atoms with van der Waals surface area (Å²) in [6.07, 6.45) is 1.97. The molecule has 39 heavy (non-hydrogen) atoms. The summed E-state index contributed by atoms with van der Waals surface area (Å²) in [5.74, 6) is 0.0272. The number of anilines is 1. The molecule has 0 bridgehead atoms. The second-order valence-electron chi connectivity index (χ2n) is 10.5. The van der Waals surface area contributed by atoms with Crippen molar-refractivity contribution >= 4 is 27.7 Å². The molecular weight excluding hydrogens is 516 g/mol. The molecule has 1 aromatic heterocycles. The number of likely N-dealkylation sites (N-methyl/N-ethyl adjacent to an activating group) is 1. The predicted molar refractivity (Wildman–Crippen MR) is 151 cm³/mol. The average molecular weight is 556 g/mol. The van der Waals surface area contributed by atoms with E-state index in [1.807, 2.05) is 45.0 Å². The molecule has 2 amide bonds. The van der Waals surface area contributed by atoms with Crippen molar-refractivity contribution in [1.29, 1.82) is 0 Å². The summed E-state index contributed by atoms with van der Waals surface area (Å²) in [5.41, 5.74) is 8.45. The Balaban J connectivity index is 1.95. The van der Waals surface area contributed by atoms with Crippen LogP contribution in [-0.2, 0) is 26.2 Å². The van der Waals surface area contributed by atoms with Gasteiger partial charge in [-0.25, -0.2) is 17.7 Å². The number of nitrogens with one attached hydrogen (secondary N) is 1. The third kappa shape index (κ3) is 6.57. The summed E-state index contributed by atoms with van der Waals surface area (Å²) < 4.78 is 34.1. The quantitative estimate of drug-likeness (QED) is 0.305. The van der Waals surface area contributed by atoms with E-state index in [1.165, 1.54) is 6.07 Å². The number of carbonyl (C=O) groups excluding carboxylic acids is 2. The number of aryl methyl sites for hydroxylation is 1. The maximum absolute atomic E-state index is 13.4. The summed E-state index contributed by atoms with van der Waals surface area (Å²) in [7, 11) is -2.18. The monoisotopic (exact) mass is 555 g/mol. The number of rotatable bonds is 12. The second-order valence-corrected chi connectivity index (χ2v) is 12.2. The topological polar surface area (TPSA) is 132 Å². The Morgan fingerprint density at radius 2 is 1.72 bits per heavy atom. The molecule has 10 heteroatoms. The Kier molecular flexibility index (Phi) is 9.34. The minimum absolute atomic E-state index is 0.0284. The molecule has 0 aliphatic rings. The van der Waals surface area contributed by atoms with Crippen molar-refractivity contribution in [3.05, 3.63) is 65.4 Å². The van der Waals surface area contributed by atoms with E-state index < -0.39 is 22.0 Å². The van der Waals surface area contributed by atoms with Crippen LogP contribution in [0.5, 0.6) is 0 Å². The van der Waals surface area contributed by atoms with Gasteiger partial charge in [-0.2, -0.15) is 0 Å². The second kappa shape index (κ2) is 12.1. The van der Waals surface area contributed by atoms with E-state index in [0.29, 0.717) is 35.4 Å². The fraction of sp³-hybridized carbons (Fsp3) is 0.414. The number of hydrogen-bond acceptors (Lipinski definition) is 6. The Morgan fingerprint density at radius 1 is 1.08 bits per heavy atom. The highest BCUT2D eigenvalue weighted by Gasteiger charge is 2.45. The van der Waals surface area contributed by atoms with Crippen LogP contribution >= 0.6 is 0 Å². The lowest BCUT2D eigenvalue weighted by atomic mass is 9.96. The fourth-order valence-corrected chi connectivity index (χ4v) is 6.28. The molecule has 1 unspecified atom stereocenters. The molecule has 210 valence electrons. The molecule has 3 rings (SSSR count). The summed E-state index contributed by atoms with van der Waals surface area (Å²) in [4.78, 5) is 25.9. The van der Waals surface area contributed by atoms with Crippen LogP contribution in [0.2, 0.25) is 0 Å². The van der Waals surface area contributed by atoms with E-state index in [-0.39, 0.29) is 27.0 Å². The van der Waals surface area contributed by atoms with Crippen LogP contribution in [-0.4, -0.2) is 43.0 Å². The summed E-state index contributed by atoms with van der Waals surface area (Å²) in [6, 6.07) is 13.4. The van der Waals surface area contributed by atoms with Crippen molar-refractivity contribution in [2.45, 2.75) is 71.4 Å². The maximum atomic E-state index is 13.4. The molecule has 2 atom stereocenters. The standard InChI is InChI=1S/C29H38N4O5S/c1-7-8-13-26(34)33(6,27(19(2)3)28(30)35)18-22-14-16-23(17-15-22)24-11-9-10-12-25(24)39(36,37)32-29-20(4)21(5)38-31-29/h9-12,14-17,19,27H,7-8,13,18H2,1-6H3,(H2-,30,31,32,35)/p+1/t27-,33?/m0/s1. The molecule has 3 N–H and O–H groups in total. The number of nitrogens with two attached hydrogens (primary N) is 1. The van der Waals surface area contributed by atoms with Gasteiger partial charge < -0.3 is 10.3 Å². The number of unbranched alkanes of at least 4 members (excludes halogenated alkanes) is 1. The first-order valence-electron chi connectivity index (χ1n) is 13.1. The van der Waals surface area contributed by atoms with E-state index in [9.17, 15) is 18.0 Å². The number of benzene rings is 2. The van der Waals surface area contributed by atoms with Crippen LogP contribution < -0.4 is 10.5 Å². The lowest BCUT2D eigenvalue weighted by Crippen LogP contribution is -2.62. The summed E-state index contributed by atoms with van der Waals surface area (Å²) in [6.45, 7) is 9.55. The first kappa shape index (κ1) is 30.0. The lowest BCUT2D eigenvalue weighted by Gasteiger charge is -2.39. The summed E-state index contributed by atoms with van der Waals surface area (Å²) in [5, 5.41) is 3.82. The van der Waals surface area contributed by atoms with Crippen molar-refractivity contribution in [3.8, 4) is 11.1 Å². The number of hydrogen-bond donors (Lipinski definition) is 2. The Morgan fingerprint density at radius 3 is 2.26 bits per heavy atom. The van der Waals surface area contributed by atoms with E-state index in [0.717, 1.165) is 18.4 Å². The highest BCUT2D eigenvalue weighted by Crippen LogP contribution is 2.31. The van der Waals surface area contributed by atoms with Gasteiger partial charge in [0.05, 0.1) is 18.4 Å². The van der Waals surface area contributed by atoms with Crippen molar-refractivity contribution in [2.24, 2.45) is 11.7 Å². The van der Waals surface area contributed by atoms with Crippen LogP contribution in [0, 0.1) is 19.8 Å². The number of primary amides is 1. The van der Waals surface area contributed by atoms with E-state index in [2.05, 4.69) is 9.88 Å². The van der Waals surface area contributed by atoms with Gasteiger partial charge >= 0.3 is 5.91 Å². The zero-order chi connectivity index (χ0) is 29.0. The molecule has 1 heterocycles. The van der Waals surface area contributed by atoms with E-state index in [1.54, 1.807) is 39.1 Å². The van der Waals surface area contributed by atoms with Gasteiger partial charge in [-0.3, -0.25) is 9.52 Å². The Hall–Kier alpha value is -3.50. The molecule has 2 aromatic carbocycles. The van der Waals surface area contributed by atoms with Gasteiger partial charge in [0.15, 0.2) is 11.9 Å². The first-order chi connectivity index (χ1) is 18.3. The number of quaternary nitrogens is 1. The third-order valence-corrected chi connectivity index (χ3v) is 8.59. The molecule has 0 saturated heterocycles. The summed E-state index contributed by atoms with van der Waals surface area (Å²) >= 11 is 0. The normalized spacial score (nSPS) is 14.1. The minimum atomic E-state index is -3.96. The Bertz CT molecular complexity index is 1430. The zero-order valence-corrected chi connectivity index (χ0v) is 24.3. The van der Waals surface area contributed by atoms with Gasteiger partial charge in [-0.1, -0.05) is 74.8 Å². The highest BCUT2D eigenvalue weighted by molar-refractivity contribution is 7.92. The predicted octanol–water partition coefficient (Wildman–Crippen LogP) is 4.93. The number of sulfonamides is 1. The molecule has 0 radical (unpaired) electrons. The minimum Gasteiger partial charge on any atom is -0.364 e. The Labute approximate surface area is 231 Å². The first-order valence-corrected chi connectivity index (χ1v) is 14.6. The van der Waals surface area contributed by atoms with Gasteiger partial charge in [0.2, 0.25) is 0 Å². The lowest BCUT2D eigenvalue weighted by molar-refractivity contribution is -0.868. The van der Waals surface area contributed by atoms with Gasteiger partial charge in [0, 0.05) is 22.6 Å². The highest BCUT2D eigenvalue weighted by atomic mass is 32.2. The molecule has 0 saturated carbocycles. The van der Waals surface area contributed by atoms with Crippen LogP contribution in [0.4, 0.5) is 5.82 Å². The zero-order valence-electron chi connectivity index (χ0n) is 23.5. The SMILES string of the molecule is CCCCC(=O)[N+](C)(Cc1ccc(-c2ccccc2S(=O)(=O)Nc2noc(C)c2C)cc1)[C@H](C(N)=O)C(C)C. The van der Waals surface area contributed by atoms with Gasteiger partial charge in [0.25, 0.3) is 15.9 Å². The largest absolute Gasteiger partial charge is 0.364 e. The van der Waals surface area contributed by atoms with Gasteiger partial charge in [-0.15, -0.1) is 0 Å². The number of aromatic nitrogens is 1. The van der Waals surface area contributed by atoms with Crippen LogP contribution in [0.15, 0.2) is 57.9 Å². The van der Waals surface area contributed by atoms with Crippen molar-refractivity contribution < 1.29 is 27.0 Å². The van der Waals surface area contributed by atoms with E-state index in [4.69, 9.17) is 10.3 Å². The van der Waals surface area contributed by atoms with Crippen molar-refractivity contribution in [1.82, 2.24) is 5.16 Å². The molecule has 9 nitrogen and oxygen atoms in total. The van der Waals surface area contributed by atoms with Gasteiger partial charge in [0.1, 0.15) is 12.3 Å². The van der Waals surface area contributed by atoms with Crippen molar-refractivity contribution in [3.63, 3.8) is 0 Å². The van der Waals surface area contributed by atoms with Crippen LogP contribution in [0.25, 0.3) is 11.1 Å². The number of carbonyl (C=O) groups is 2. The molecular formula is C29H39N4O5S+. The molecule has 0 aliphatic carbocycles. The fourth-order valence-electron chi connectivity index (χ4n) is 5.00. The third-order valence-electron chi connectivity index (χ3n) is 7.19. The molecule has 0 spiro atoms.